The molecule has 6 heteroatoms. The third-order valence-corrected chi connectivity index (χ3v) is 3.00. The molecule has 1 amide bonds. The predicted octanol–water partition coefficient (Wildman–Crippen LogP) is 2.76. The smallest absolute Gasteiger partial charge is 0.253 e. The van der Waals surface area contributed by atoms with Gasteiger partial charge in [-0.2, -0.15) is 5.10 Å². The summed E-state index contributed by atoms with van der Waals surface area (Å²) < 4.78 is 0.815. The fourth-order valence-corrected chi connectivity index (χ4v) is 1.89. The summed E-state index contributed by atoms with van der Waals surface area (Å²) in [5, 5.41) is 9.67. The van der Waals surface area contributed by atoms with Gasteiger partial charge in [0.25, 0.3) is 5.91 Å². The van der Waals surface area contributed by atoms with E-state index in [2.05, 4.69) is 31.4 Å². The third kappa shape index (κ3) is 3.08. The van der Waals surface area contributed by atoms with Gasteiger partial charge in [-0.05, 0) is 18.2 Å². The van der Waals surface area contributed by atoms with Gasteiger partial charge >= 0.3 is 0 Å². The second-order valence-corrected chi connectivity index (χ2v) is 4.74. The largest absolute Gasteiger partial charge is 0.348 e. The molecule has 0 fully saturated rings. The summed E-state index contributed by atoms with van der Waals surface area (Å²) >= 11 is 9.25. The molecule has 1 heterocycles. The number of nitrogens with one attached hydrogen (secondary N) is 2. The topological polar surface area (TPSA) is 57.8 Å². The highest BCUT2D eigenvalue weighted by atomic mass is 79.9. The maximum Gasteiger partial charge on any atom is 0.253 e. The van der Waals surface area contributed by atoms with Gasteiger partial charge in [-0.25, -0.2) is 0 Å². The Morgan fingerprint density at radius 3 is 3.06 bits per heavy atom. The van der Waals surface area contributed by atoms with Gasteiger partial charge in [0.05, 0.1) is 16.8 Å². The van der Waals surface area contributed by atoms with E-state index in [0.717, 1.165) is 10.0 Å². The van der Waals surface area contributed by atoms with E-state index in [4.69, 9.17) is 11.6 Å². The van der Waals surface area contributed by atoms with Gasteiger partial charge in [-0.3, -0.25) is 9.89 Å². The fourth-order valence-electron chi connectivity index (χ4n) is 1.32. The summed E-state index contributed by atoms with van der Waals surface area (Å²) in [5.41, 5.74) is 1.36. The zero-order valence-corrected chi connectivity index (χ0v) is 11.0. The van der Waals surface area contributed by atoms with Gasteiger partial charge in [0.2, 0.25) is 0 Å². The average Bonchev–Trinajstić information content (AvgIpc) is 2.82. The average molecular weight is 315 g/mol. The number of carbonyl (C=O) groups is 1. The number of halogens is 2. The molecule has 1 aromatic carbocycles. The maximum atomic E-state index is 11.9. The molecule has 1 aromatic heterocycles. The Morgan fingerprint density at radius 1 is 1.53 bits per heavy atom. The number of nitrogens with zero attached hydrogens (tertiary/aromatic N) is 1. The Labute approximate surface area is 111 Å². The van der Waals surface area contributed by atoms with Gasteiger partial charge in [-0.1, -0.05) is 27.5 Å². The van der Waals surface area contributed by atoms with Crippen molar-refractivity contribution < 1.29 is 4.79 Å². The number of amides is 1. The van der Waals surface area contributed by atoms with Gasteiger partial charge in [-0.15, -0.1) is 0 Å². The van der Waals surface area contributed by atoms with E-state index in [9.17, 15) is 4.79 Å². The van der Waals surface area contributed by atoms with E-state index < -0.39 is 0 Å². The first-order valence-corrected chi connectivity index (χ1v) is 6.05. The van der Waals surface area contributed by atoms with Crippen LogP contribution in [0.15, 0.2) is 35.1 Å². The number of aromatic amines is 1. The highest BCUT2D eigenvalue weighted by Crippen LogP contribution is 2.20. The van der Waals surface area contributed by atoms with E-state index >= 15 is 0 Å². The van der Waals surface area contributed by atoms with Crippen molar-refractivity contribution in [1.29, 1.82) is 0 Å². The lowest BCUT2D eigenvalue weighted by Crippen LogP contribution is -2.22. The lowest BCUT2D eigenvalue weighted by molar-refractivity contribution is 0.0951. The number of carbonyl (C=O) groups excluding carboxylic acids is 1. The first kappa shape index (κ1) is 12.1. The minimum absolute atomic E-state index is 0.211. The molecule has 88 valence electrons. The Morgan fingerprint density at radius 2 is 2.35 bits per heavy atom. The van der Waals surface area contributed by atoms with Gasteiger partial charge in [0.1, 0.15) is 0 Å². The van der Waals surface area contributed by atoms with Crippen molar-refractivity contribution in [3.63, 3.8) is 0 Å². The van der Waals surface area contributed by atoms with Crippen molar-refractivity contribution in [1.82, 2.24) is 15.5 Å². The van der Waals surface area contributed by atoms with Crippen LogP contribution in [0.2, 0.25) is 5.02 Å². The number of H-pyrrole nitrogens is 1. The summed E-state index contributed by atoms with van der Waals surface area (Å²) in [6.07, 6.45) is 3.38. The number of rotatable bonds is 3. The molecule has 0 saturated heterocycles. The first-order valence-electron chi connectivity index (χ1n) is 4.88. The minimum Gasteiger partial charge on any atom is -0.348 e. The molecule has 0 aliphatic carbocycles. The van der Waals surface area contributed by atoms with E-state index in [-0.39, 0.29) is 5.91 Å². The molecule has 0 aliphatic rings. The molecule has 17 heavy (non-hydrogen) atoms. The van der Waals surface area contributed by atoms with Crippen LogP contribution in [0.5, 0.6) is 0 Å². The summed E-state index contributed by atoms with van der Waals surface area (Å²) in [4.78, 5) is 11.9. The van der Waals surface area contributed by atoms with Crippen molar-refractivity contribution in [2.45, 2.75) is 6.54 Å². The van der Waals surface area contributed by atoms with Crippen molar-refractivity contribution in [2.75, 3.05) is 0 Å². The van der Waals surface area contributed by atoms with Crippen LogP contribution in [0.4, 0.5) is 0 Å². The highest BCUT2D eigenvalue weighted by molar-refractivity contribution is 9.10. The van der Waals surface area contributed by atoms with Crippen LogP contribution in [0.25, 0.3) is 0 Å². The summed E-state index contributed by atoms with van der Waals surface area (Å²) in [7, 11) is 0. The van der Waals surface area contributed by atoms with Crippen LogP contribution >= 0.6 is 27.5 Å². The Kier molecular flexibility index (Phi) is 3.81. The van der Waals surface area contributed by atoms with Crippen LogP contribution in [-0.4, -0.2) is 16.1 Å². The molecule has 2 aromatic rings. The molecule has 0 bridgehead atoms. The summed E-state index contributed by atoms with van der Waals surface area (Å²) in [6, 6.07) is 5.15. The minimum atomic E-state index is -0.211. The molecule has 0 spiro atoms. The van der Waals surface area contributed by atoms with E-state index in [1.165, 1.54) is 0 Å². The molecule has 0 unspecified atom stereocenters. The second-order valence-electron chi connectivity index (χ2n) is 3.41. The lowest BCUT2D eigenvalue weighted by atomic mass is 10.2. The molecule has 0 radical (unpaired) electrons. The van der Waals surface area contributed by atoms with Crippen molar-refractivity contribution in [2.24, 2.45) is 0 Å². The predicted molar refractivity (Wildman–Crippen MR) is 68.9 cm³/mol. The first-order chi connectivity index (χ1) is 8.16. The van der Waals surface area contributed by atoms with Crippen molar-refractivity contribution in [3.8, 4) is 0 Å². The number of aromatic nitrogens is 2. The maximum absolute atomic E-state index is 11.9. The molecular formula is C11H9BrClN3O. The normalized spacial score (nSPS) is 10.2. The Balaban J connectivity index is 2.07. The molecule has 2 rings (SSSR count). The van der Waals surface area contributed by atoms with E-state index in [1.807, 2.05) is 0 Å². The van der Waals surface area contributed by atoms with E-state index in [0.29, 0.717) is 17.1 Å². The Hall–Kier alpha value is -1.33. The van der Waals surface area contributed by atoms with Crippen LogP contribution in [0, 0.1) is 0 Å². The van der Waals surface area contributed by atoms with Crippen LogP contribution in [0.3, 0.4) is 0 Å². The molecule has 2 N–H and O–H groups in total. The second kappa shape index (κ2) is 5.33. The summed E-state index contributed by atoms with van der Waals surface area (Å²) in [5.74, 6) is -0.211. The van der Waals surface area contributed by atoms with E-state index in [1.54, 1.807) is 30.6 Å². The van der Waals surface area contributed by atoms with Crippen LogP contribution in [-0.2, 0) is 6.54 Å². The van der Waals surface area contributed by atoms with Gasteiger partial charge in [0, 0.05) is 22.8 Å². The van der Waals surface area contributed by atoms with Crippen molar-refractivity contribution >= 4 is 33.4 Å². The zero-order chi connectivity index (χ0) is 12.3. The monoisotopic (exact) mass is 313 g/mol. The van der Waals surface area contributed by atoms with Gasteiger partial charge < -0.3 is 5.32 Å². The fraction of sp³-hybridized carbons (Fsp3) is 0.0909. The molecule has 0 aliphatic heterocycles. The standard InChI is InChI=1S/C11H9BrClN3O/c12-8-1-2-10(13)9(3-8)11(17)14-4-7-5-15-16-6-7/h1-3,5-6H,4H2,(H,14,17)(H,15,16). The Bertz CT molecular complexity index is 528. The van der Waals surface area contributed by atoms with Gasteiger partial charge in [0.15, 0.2) is 0 Å². The van der Waals surface area contributed by atoms with Crippen molar-refractivity contribution in [3.05, 3.63) is 51.2 Å². The molecule has 4 nitrogen and oxygen atoms in total. The lowest BCUT2D eigenvalue weighted by Gasteiger charge is -2.05. The quantitative estimate of drug-likeness (QED) is 0.915. The third-order valence-electron chi connectivity index (χ3n) is 2.18. The molecule has 0 atom stereocenters. The SMILES string of the molecule is O=C(NCc1cn[nH]c1)c1cc(Br)ccc1Cl. The molecule has 0 saturated carbocycles. The molecular weight excluding hydrogens is 305 g/mol. The highest BCUT2D eigenvalue weighted by Gasteiger charge is 2.10. The van der Waals surface area contributed by atoms with Crippen LogP contribution in [0.1, 0.15) is 15.9 Å². The number of hydrogen-bond donors (Lipinski definition) is 2. The summed E-state index contributed by atoms with van der Waals surface area (Å²) in [6.45, 7) is 0.415. The van der Waals surface area contributed by atoms with Crippen LogP contribution < -0.4 is 5.32 Å². The number of hydrogen-bond acceptors (Lipinski definition) is 2. The number of benzene rings is 1. The zero-order valence-electron chi connectivity index (χ0n) is 8.71.